The third-order valence-corrected chi connectivity index (χ3v) is 2.96. The molecule has 46 valence electrons. The van der Waals surface area contributed by atoms with Gasteiger partial charge < -0.3 is 17.0 Å². The van der Waals surface area contributed by atoms with E-state index in [0.29, 0.717) is 10.9 Å². The van der Waals surface area contributed by atoms with Gasteiger partial charge in [0.2, 0.25) is 0 Å². The molecule has 0 atom stereocenters. The fourth-order valence-electron chi connectivity index (χ4n) is 0.204. The van der Waals surface area contributed by atoms with E-state index in [4.69, 9.17) is 0 Å². The van der Waals surface area contributed by atoms with E-state index >= 15 is 0 Å². The molecule has 0 saturated heterocycles. The van der Waals surface area contributed by atoms with Gasteiger partial charge >= 0.3 is 0 Å². The lowest BCUT2D eigenvalue weighted by molar-refractivity contribution is -0.00000147. The molecule has 0 radical (unpaired) electrons. The Bertz CT molecular complexity index is 27.3. The molecular weight excluding hydrogens is 172 g/mol. The molecule has 0 aliphatic carbocycles. The molecule has 0 nitrogen and oxygen atoms in total. The van der Waals surface area contributed by atoms with E-state index in [9.17, 15) is 0 Å². The van der Waals surface area contributed by atoms with E-state index in [0.717, 1.165) is 0 Å². The summed E-state index contributed by atoms with van der Waals surface area (Å²) in [6, 6.07) is 0. The number of hydrogen-bond acceptors (Lipinski definition) is 0. The van der Waals surface area contributed by atoms with E-state index in [1.807, 2.05) is 0 Å². The van der Waals surface area contributed by atoms with Gasteiger partial charge in [-0.2, -0.15) is 0 Å². The molecule has 0 heterocycles. The maximum atomic E-state index is 2.31. The zero-order valence-electron chi connectivity index (χ0n) is 5.20. The van der Waals surface area contributed by atoms with Crippen molar-refractivity contribution in [1.82, 2.24) is 0 Å². The van der Waals surface area contributed by atoms with Crippen LogP contribution in [0.4, 0.5) is 0 Å². The van der Waals surface area contributed by atoms with Crippen LogP contribution in [0.5, 0.6) is 0 Å². The molecule has 0 fully saturated rings. The maximum Gasteiger partial charge on any atom is 0.105 e. The van der Waals surface area contributed by atoms with Gasteiger partial charge in [-0.3, -0.25) is 0 Å². The number of hydrogen-bond donors (Lipinski definition) is 0. The monoisotopic (exact) mass is 184 g/mol. The van der Waals surface area contributed by atoms with E-state index in [1.54, 1.807) is 0 Å². The van der Waals surface area contributed by atoms with Gasteiger partial charge in [0.05, 0.1) is 6.26 Å². The Hall–Kier alpha value is 0.830. The van der Waals surface area contributed by atoms with Gasteiger partial charge in [-0.05, 0) is 24.7 Å². The molecular formula is C5H13BrS. The Morgan fingerprint density at radius 1 is 1.14 bits per heavy atom. The molecule has 0 unspecified atom stereocenters. The molecule has 0 aliphatic heterocycles. The largest absolute Gasteiger partial charge is 1.00 e. The molecule has 0 aromatic heterocycles. The Kier molecular flexibility index (Phi) is 10.5. The van der Waals surface area contributed by atoms with Gasteiger partial charge in [0.25, 0.3) is 0 Å². The predicted octanol–water partition coefficient (Wildman–Crippen LogP) is -1.72. The second-order valence-electron chi connectivity index (χ2n) is 1.36. The van der Waals surface area contributed by atoms with Crippen molar-refractivity contribution in [3.8, 4) is 0 Å². The Balaban J connectivity index is 0. The van der Waals surface area contributed by atoms with Crippen molar-refractivity contribution in [2.24, 2.45) is 0 Å². The summed E-state index contributed by atoms with van der Waals surface area (Å²) in [5.41, 5.74) is 0. The Morgan fingerprint density at radius 2 is 1.43 bits per heavy atom. The lowest BCUT2D eigenvalue weighted by Crippen LogP contribution is -3.00. The first-order valence-electron chi connectivity index (χ1n) is 2.40. The highest BCUT2D eigenvalue weighted by Crippen LogP contribution is 1.85. The predicted molar refractivity (Wildman–Crippen MR) is 34.4 cm³/mol. The summed E-state index contributed by atoms with van der Waals surface area (Å²) in [7, 11) is 0.716. The van der Waals surface area contributed by atoms with Crippen molar-refractivity contribution in [2.45, 2.75) is 13.8 Å². The SMILES string of the molecule is CC[S+](C)CC.[Br-]. The van der Waals surface area contributed by atoms with E-state index in [2.05, 4.69) is 20.1 Å². The fourth-order valence-corrected chi connectivity index (χ4v) is 0.612. The van der Waals surface area contributed by atoms with Crippen molar-refractivity contribution in [2.75, 3.05) is 17.8 Å². The quantitative estimate of drug-likeness (QED) is 0.449. The molecule has 7 heavy (non-hydrogen) atoms. The highest BCUT2D eigenvalue weighted by atomic mass is 79.9. The van der Waals surface area contributed by atoms with Gasteiger partial charge in [0.15, 0.2) is 0 Å². The summed E-state index contributed by atoms with van der Waals surface area (Å²) in [6.07, 6.45) is 2.31. The molecule has 0 aromatic rings. The van der Waals surface area contributed by atoms with Gasteiger partial charge in [0.1, 0.15) is 11.5 Å². The number of halogens is 1. The highest BCUT2D eigenvalue weighted by Gasteiger charge is 1.98. The summed E-state index contributed by atoms with van der Waals surface area (Å²) in [5.74, 6) is 2.72. The van der Waals surface area contributed by atoms with Crippen molar-refractivity contribution in [3.63, 3.8) is 0 Å². The zero-order chi connectivity index (χ0) is 4.99. The lowest BCUT2D eigenvalue weighted by atomic mass is 11.0. The van der Waals surface area contributed by atoms with E-state index < -0.39 is 0 Å². The van der Waals surface area contributed by atoms with Crippen LogP contribution in [0.3, 0.4) is 0 Å². The smallest absolute Gasteiger partial charge is 0.105 e. The number of rotatable bonds is 2. The van der Waals surface area contributed by atoms with Crippen LogP contribution < -0.4 is 17.0 Å². The summed E-state index contributed by atoms with van der Waals surface area (Å²) >= 11 is 0. The van der Waals surface area contributed by atoms with Crippen LogP contribution in [0.1, 0.15) is 13.8 Å². The highest BCUT2D eigenvalue weighted by molar-refractivity contribution is 7.96. The first-order chi connectivity index (χ1) is 2.81. The summed E-state index contributed by atoms with van der Waals surface area (Å²) in [6.45, 7) is 4.49. The van der Waals surface area contributed by atoms with Crippen molar-refractivity contribution in [3.05, 3.63) is 0 Å². The van der Waals surface area contributed by atoms with E-state index in [-0.39, 0.29) is 17.0 Å². The van der Waals surface area contributed by atoms with Crippen LogP contribution in [-0.4, -0.2) is 17.8 Å². The maximum absolute atomic E-state index is 2.31. The third-order valence-electron chi connectivity index (χ3n) is 0.986. The minimum absolute atomic E-state index is 0. The second kappa shape index (κ2) is 6.83. The molecule has 0 saturated carbocycles. The Labute approximate surface area is 59.8 Å². The lowest BCUT2D eigenvalue weighted by Gasteiger charge is -1.89. The second-order valence-corrected chi connectivity index (χ2v) is 4.08. The van der Waals surface area contributed by atoms with Crippen molar-refractivity contribution >= 4 is 10.9 Å². The van der Waals surface area contributed by atoms with Crippen molar-refractivity contribution in [1.29, 1.82) is 0 Å². The molecule has 0 aliphatic rings. The van der Waals surface area contributed by atoms with E-state index in [1.165, 1.54) is 11.5 Å². The van der Waals surface area contributed by atoms with Crippen LogP contribution in [0.15, 0.2) is 0 Å². The van der Waals surface area contributed by atoms with Gasteiger partial charge in [-0.25, -0.2) is 0 Å². The molecule has 0 rings (SSSR count). The van der Waals surface area contributed by atoms with Crippen molar-refractivity contribution < 1.29 is 17.0 Å². The first-order valence-corrected chi connectivity index (χ1v) is 4.37. The molecule has 0 aromatic carbocycles. The van der Waals surface area contributed by atoms with Gasteiger partial charge in [-0.1, -0.05) is 0 Å². The van der Waals surface area contributed by atoms with Crippen LogP contribution in [0, 0.1) is 0 Å². The summed E-state index contributed by atoms with van der Waals surface area (Å²) < 4.78 is 0. The summed E-state index contributed by atoms with van der Waals surface area (Å²) in [5, 5.41) is 0. The van der Waals surface area contributed by atoms with Gasteiger partial charge in [0, 0.05) is 0 Å². The zero-order valence-corrected chi connectivity index (χ0v) is 7.60. The minimum atomic E-state index is 0. The first kappa shape index (κ1) is 10.7. The standard InChI is InChI=1S/C5H13S.BrH/c1-4-6(3)5-2;/h4-5H2,1-3H3;1H/q+1;/p-1. The van der Waals surface area contributed by atoms with Crippen LogP contribution in [0.2, 0.25) is 0 Å². The topological polar surface area (TPSA) is 0 Å². The van der Waals surface area contributed by atoms with Gasteiger partial charge in [-0.15, -0.1) is 0 Å². The fraction of sp³-hybridized carbons (Fsp3) is 1.00. The molecule has 0 N–H and O–H groups in total. The summed E-state index contributed by atoms with van der Waals surface area (Å²) in [4.78, 5) is 0. The van der Waals surface area contributed by atoms with Crippen LogP contribution in [-0.2, 0) is 10.9 Å². The third kappa shape index (κ3) is 6.83. The van der Waals surface area contributed by atoms with Crippen LogP contribution >= 0.6 is 0 Å². The molecule has 0 amide bonds. The normalized spacial score (nSPS) is 8.57. The average molecular weight is 185 g/mol. The molecule has 2 heteroatoms. The Morgan fingerprint density at radius 3 is 1.43 bits per heavy atom. The molecule has 0 bridgehead atoms. The molecule has 0 spiro atoms. The average Bonchev–Trinajstić information content (AvgIpc) is 1.65. The van der Waals surface area contributed by atoms with Crippen LogP contribution in [0.25, 0.3) is 0 Å². The minimum Gasteiger partial charge on any atom is -1.00 e.